The number of carboxylic acids is 1. The molecule has 2 rings (SSSR count). The molecule has 0 unspecified atom stereocenters. The lowest BCUT2D eigenvalue weighted by atomic mass is 10.1. The Balaban J connectivity index is 2.45. The standard InChI is InChI=1S/C14H14INO3/c1-8(2)6-11-12(14(17)18)19-13(16-11)9-4-3-5-10(15)7-9/h3-5,7-8H,6H2,1-2H3,(H,17,18). The quantitative estimate of drug-likeness (QED) is 0.830. The molecule has 100 valence electrons. The predicted molar refractivity (Wildman–Crippen MR) is 80.2 cm³/mol. The third-order valence-corrected chi connectivity index (χ3v) is 3.24. The van der Waals surface area contributed by atoms with E-state index >= 15 is 0 Å². The van der Waals surface area contributed by atoms with Crippen molar-refractivity contribution in [3.8, 4) is 11.5 Å². The highest BCUT2D eigenvalue weighted by Crippen LogP contribution is 2.25. The summed E-state index contributed by atoms with van der Waals surface area (Å²) in [6, 6.07) is 7.62. The van der Waals surface area contributed by atoms with Gasteiger partial charge in [0.1, 0.15) is 0 Å². The van der Waals surface area contributed by atoms with Crippen LogP contribution < -0.4 is 0 Å². The largest absolute Gasteiger partial charge is 0.475 e. The van der Waals surface area contributed by atoms with Crippen LogP contribution in [0.5, 0.6) is 0 Å². The van der Waals surface area contributed by atoms with Gasteiger partial charge < -0.3 is 9.52 Å². The molecule has 0 aliphatic heterocycles. The highest BCUT2D eigenvalue weighted by molar-refractivity contribution is 14.1. The average Bonchev–Trinajstić information content (AvgIpc) is 2.72. The summed E-state index contributed by atoms with van der Waals surface area (Å²) in [7, 11) is 0. The molecule has 0 aliphatic carbocycles. The van der Waals surface area contributed by atoms with Crippen LogP contribution in [-0.4, -0.2) is 16.1 Å². The van der Waals surface area contributed by atoms with Crippen LogP contribution in [0.3, 0.4) is 0 Å². The summed E-state index contributed by atoms with van der Waals surface area (Å²) in [5.74, 6) is -0.430. The third kappa shape index (κ3) is 3.34. The molecule has 0 saturated heterocycles. The van der Waals surface area contributed by atoms with E-state index < -0.39 is 5.97 Å². The lowest BCUT2D eigenvalue weighted by molar-refractivity contribution is 0.0661. The van der Waals surface area contributed by atoms with Crippen LogP contribution >= 0.6 is 22.6 Å². The number of rotatable bonds is 4. The summed E-state index contributed by atoms with van der Waals surface area (Å²) in [6.07, 6.45) is 0.592. The van der Waals surface area contributed by atoms with Crippen LogP contribution in [0.15, 0.2) is 28.7 Å². The summed E-state index contributed by atoms with van der Waals surface area (Å²) < 4.78 is 6.46. The van der Waals surface area contributed by atoms with Crippen LogP contribution in [0.2, 0.25) is 0 Å². The minimum absolute atomic E-state index is 0.0532. The summed E-state index contributed by atoms with van der Waals surface area (Å²) >= 11 is 2.20. The number of oxazole rings is 1. The van der Waals surface area contributed by atoms with E-state index in [2.05, 4.69) is 27.6 Å². The number of aromatic carboxylic acids is 1. The lowest BCUT2D eigenvalue weighted by Gasteiger charge is -2.00. The van der Waals surface area contributed by atoms with Crippen LogP contribution in [0.1, 0.15) is 30.1 Å². The molecule has 5 heteroatoms. The van der Waals surface area contributed by atoms with Crippen molar-refractivity contribution in [1.29, 1.82) is 0 Å². The summed E-state index contributed by atoms with van der Waals surface area (Å²) in [6.45, 7) is 4.04. The second-order valence-electron chi connectivity index (χ2n) is 4.71. The first-order chi connectivity index (χ1) is 8.97. The van der Waals surface area contributed by atoms with Crippen molar-refractivity contribution in [1.82, 2.24) is 4.98 Å². The van der Waals surface area contributed by atoms with Crippen molar-refractivity contribution in [3.63, 3.8) is 0 Å². The van der Waals surface area contributed by atoms with E-state index in [1.54, 1.807) is 0 Å². The van der Waals surface area contributed by atoms with E-state index in [0.29, 0.717) is 23.9 Å². The Bertz CT molecular complexity index is 604. The van der Waals surface area contributed by atoms with Crippen LogP contribution in [0.25, 0.3) is 11.5 Å². The van der Waals surface area contributed by atoms with E-state index in [1.807, 2.05) is 38.1 Å². The monoisotopic (exact) mass is 371 g/mol. The number of hydrogen-bond donors (Lipinski definition) is 1. The second-order valence-corrected chi connectivity index (χ2v) is 5.95. The zero-order valence-electron chi connectivity index (χ0n) is 10.7. The number of nitrogens with zero attached hydrogens (tertiary/aromatic N) is 1. The van der Waals surface area contributed by atoms with Crippen molar-refractivity contribution >= 4 is 28.6 Å². The normalized spacial score (nSPS) is 10.9. The second kappa shape index (κ2) is 5.73. The van der Waals surface area contributed by atoms with Crippen molar-refractivity contribution in [2.75, 3.05) is 0 Å². The zero-order valence-corrected chi connectivity index (χ0v) is 12.8. The molecule has 0 fully saturated rings. The summed E-state index contributed by atoms with van der Waals surface area (Å²) in [5.41, 5.74) is 1.31. The minimum Gasteiger partial charge on any atom is -0.475 e. The van der Waals surface area contributed by atoms with Crippen LogP contribution in [0.4, 0.5) is 0 Å². The van der Waals surface area contributed by atoms with Gasteiger partial charge in [0.15, 0.2) is 0 Å². The molecule has 4 nitrogen and oxygen atoms in total. The van der Waals surface area contributed by atoms with E-state index in [4.69, 9.17) is 9.52 Å². The highest BCUT2D eigenvalue weighted by atomic mass is 127. The number of aromatic nitrogens is 1. The summed E-state index contributed by atoms with van der Waals surface area (Å²) in [4.78, 5) is 15.5. The van der Waals surface area contributed by atoms with Gasteiger partial charge in [-0.1, -0.05) is 19.9 Å². The maximum atomic E-state index is 11.2. The fraction of sp³-hybridized carbons (Fsp3) is 0.286. The molecule has 1 heterocycles. The van der Waals surface area contributed by atoms with Crippen molar-refractivity contribution in [2.45, 2.75) is 20.3 Å². The molecule has 19 heavy (non-hydrogen) atoms. The molecule has 2 aromatic rings. The number of carbonyl (C=O) groups is 1. The van der Waals surface area contributed by atoms with E-state index in [-0.39, 0.29) is 5.76 Å². The molecule has 0 radical (unpaired) electrons. The molecular formula is C14H14INO3. The van der Waals surface area contributed by atoms with Crippen molar-refractivity contribution in [3.05, 3.63) is 39.3 Å². The first-order valence-electron chi connectivity index (χ1n) is 5.96. The number of carboxylic acid groups (broad SMARTS) is 1. The van der Waals surface area contributed by atoms with Crippen LogP contribution in [0, 0.1) is 9.49 Å². The third-order valence-electron chi connectivity index (χ3n) is 2.56. The topological polar surface area (TPSA) is 63.3 Å². The Hall–Kier alpha value is -1.37. The molecule has 0 aliphatic rings. The fourth-order valence-corrected chi connectivity index (χ4v) is 2.33. The fourth-order valence-electron chi connectivity index (χ4n) is 1.79. The van der Waals surface area contributed by atoms with Crippen LogP contribution in [-0.2, 0) is 6.42 Å². The smallest absolute Gasteiger partial charge is 0.373 e. The van der Waals surface area contributed by atoms with Gasteiger partial charge in [0.2, 0.25) is 11.7 Å². The van der Waals surface area contributed by atoms with Crippen molar-refractivity contribution < 1.29 is 14.3 Å². The van der Waals surface area contributed by atoms with Gasteiger partial charge in [0, 0.05) is 9.13 Å². The molecule has 0 atom stereocenters. The lowest BCUT2D eigenvalue weighted by Crippen LogP contribution is -2.03. The van der Waals surface area contributed by atoms with Gasteiger partial charge in [0.05, 0.1) is 5.69 Å². The zero-order chi connectivity index (χ0) is 14.0. The van der Waals surface area contributed by atoms with Gasteiger partial charge in [-0.15, -0.1) is 0 Å². The Labute approximate surface area is 125 Å². The number of hydrogen-bond acceptors (Lipinski definition) is 3. The average molecular weight is 371 g/mol. The van der Waals surface area contributed by atoms with E-state index in [1.165, 1.54) is 0 Å². The van der Waals surface area contributed by atoms with Gasteiger partial charge in [-0.3, -0.25) is 0 Å². The Morgan fingerprint density at radius 1 is 1.47 bits per heavy atom. The van der Waals surface area contributed by atoms with Gasteiger partial charge >= 0.3 is 5.97 Å². The van der Waals surface area contributed by atoms with Gasteiger partial charge in [-0.2, -0.15) is 0 Å². The van der Waals surface area contributed by atoms with Gasteiger partial charge in [-0.05, 0) is 53.1 Å². The Morgan fingerprint density at radius 2 is 2.21 bits per heavy atom. The summed E-state index contributed by atoms with van der Waals surface area (Å²) in [5, 5.41) is 9.16. The maximum Gasteiger partial charge on any atom is 0.373 e. The van der Waals surface area contributed by atoms with E-state index in [9.17, 15) is 4.79 Å². The van der Waals surface area contributed by atoms with Gasteiger partial charge in [-0.25, -0.2) is 9.78 Å². The predicted octanol–water partition coefficient (Wildman–Crippen LogP) is 3.84. The first-order valence-corrected chi connectivity index (χ1v) is 7.04. The molecule has 0 bridgehead atoms. The molecule has 1 aromatic carbocycles. The molecule has 0 saturated carbocycles. The first kappa shape index (κ1) is 14.0. The number of halogens is 1. The molecular weight excluding hydrogens is 357 g/mol. The Morgan fingerprint density at radius 3 is 2.79 bits per heavy atom. The highest BCUT2D eigenvalue weighted by Gasteiger charge is 2.20. The molecule has 1 aromatic heterocycles. The van der Waals surface area contributed by atoms with Gasteiger partial charge in [0.25, 0.3) is 0 Å². The molecule has 0 spiro atoms. The van der Waals surface area contributed by atoms with Crippen molar-refractivity contribution in [2.24, 2.45) is 5.92 Å². The van der Waals surface area contributed by atoms with E-state index in [0.717, 1.165) is 9.13 Å². The Kier molecular flexibility index (Phi) is 4.24. The maximum absolute atomic E-state index is 11.2. The SMILES string of the molecule is CC(C)Cc1nc(-c2cccc(I)c2)oc1C(=O)O. The minimum atomic E-state index is -1.07. The molecule has 0 amide bonds. The molecule has 1 N–H and O–H groups in total. The number of benzene rings is 1.